The molecule has 0 bridgehead atoms. The van der Waals surface area contributed by atoms with E-state index in [2.05, 4.69) is 4.99 Å². The molecule has 0 unspecified atom stereocenters. The molecule has 1 saturated heterocycles. The van der Waals surface area contributed by atoms with Crippen LogP contribution in [0.4, 0.5) is 10.1 Å². The van der Waals surface area contributed by atoms with Gasteiger partial charge in [-0.2, -0.15) is 0 Å². The first-order chi connectivity index (χ1) is 13.5. The van der Waals surface area contributed by atoms with Crippen LogP contribution in [0.3, 0.4) is 0 Å². The molecule has 0 saturated carbocycles. The Morgan fingerprint density at radius 1 is 1.18 bits per heavy atom. The van der Waals surface area contributed by atoms with Crippen molar-refractivity contribution in [3.63, 3.8) is 0 Å². The summed E-state index contributed by atoms with van der Waals surface area (Å²) in [5.41, 5.74) is 1.98. The smallest absolute Gasteiger partial charge is 0.363 e. The largest absolute Gasteiger partial charge is 0.494 e. The predicted octanol–water partition coefficient (Wildman–Crippen LogP) is 3.31. The fourth-order valence-corrected chi connectivity index (χ4v) is 3.17. The second-order valence-electron chi connectivity index (χ2n) is 6.43. The van der Waals surface area contributed by atoms with Crippen molar-refractivity contribution in [3.05, 3.63) is 65.1 Å². The number of anilines is 1. The van der Waals surface area contributed by atoms with E-state index in [9.17, 15) is 14.0 Å². The van der Waals surface area contributed by atoms with Gasteiger partial charge in [0.2, 0.25) is 11.8 Å². The molecule has 0 N–H and O–H groups in total. The van der Waals surface area contributed by atoms with Gasteiger partial charge in [0.25, 0.3) is 0 Å². The average molecular weight is 380 g/mol. The molecule has 0 aromatic heterocycles. The number of nitrogens with zero attached hydrogens (tertiary/aromatic N) is 2. The summed E-state index contributed by atoms with van der Waals surface area (Å²) in [6.07, 6.45) is 2.87. The van der Waals surface area contributed by atoms with E-state index in [1.54, 1.807) is 35.2 Å². The molecule has 2 aliphatic rings. The summed E-state index contributed by atoms with van der Waals surface area (Å²) in [5, 5.41) is 0. The highest BCUT2D eigenvalue weighted by Crippen LogP contribution is 2.25. The maximum atomic E-state index is 13.8. The Morgan fingerprint density at radius 2 is 1.96 bits per heavy atom. The number of methoxy groups -OCH3 is 1. The predicted molar refractivity (Wildman–Crippen MR) is 102 cm³/mol. The lowest BCUT2D eigenvalue weighted by Gasteiger charge is -2.15. The van der Waals surface area contributed by atoms with E-state index in [1.165, 1.54) is 25.3 Å². The summed E-state index contributed by atoms with van der Waals surface area (Å²) in [6, 6.07) is 11.5. The van der Waals surface area contributed by atoms with Crippen molar-refractivity contribution in [1.29, 1.82) is 0 Å². The Balaban J connectivity index is 1.57. The highest BCUT2D eigenvalue weighted by molar-refractivity contribution is 6.13. The Morgan fingerprint density at radius 3 is 2.61 bits per heavy atom. The minimum atomic E-state index is -0.606. The molecule has 4 rings (SSSR count). The van der Waals surface area contributed by atoms with Crippen molar-refractivity contribution in [2.24, 2.45) is 4.99 Å². The molecule has 142 valence electrons. The number of hydrogen-bond donors (Lipinski definition) is 0. The Hall–Kier alpha value is -3.48. The van der Waals surface area contributed by atoms with Gasteiger partial charge in [-0.3, -0.25) is 4.79 Å². The monoisotopic (exact) mass is 380 g/mol. The van der Waals surface area contributed by atoms with E-state index in [1.807, 2.05) is 0 Å². The molecule has 2 aromatic carbocycles. The molecule has 0 aliphatic carbocycles. The summed E-state index contributed by atoms with van der Waals surface area (Å²) < 4.78 is 23.9. The topological polar surface area (TPSA) is 68.2 Å². The Kier molecular flexibility index (Phi) is 4.65. The highest BCUT2D eigenvalue weighted by atomic mass is 19.1. The molecular formula is C21H17FN2O4. The number of esters is 1. The number of cyclic esters (lactones) is 1. The van der Waals surface area contributed by atoms with E-state index >= 15 is 0 Å². The number of amides is 1. The molecule has 7 heteroatoms. The zero-order valence-corrected chi connectivity index (χ0v) is 15.1. The first-order valence-electron chi connectivity index (χ1n) is 8.82. The van der Waals surface area contributed by atoms with Crippen LogP contribution in [0.25, 0.3) is 6.08 Å². The summed E-state index contributed by atoms with van der Waals surface area (Å²) in [4.78, 5) is 29.9. The second kappa shape index (κ2) is 7.26. The highest BCUT2D eigenvalue weighted by Gasteiger charge is 2.25. The van der Waals surface area contributed by atoms with Crippen molar-refractivity contribution >= 4 is 29.5 Å². The molecule has 28 heavy (non-hydrogen) atoms. The number of carbonyl (C=O) groups is 2. The van der Waals surface area contributed by atoms with Crippen LogP contribution in [0.15, 0.2) is 53.2 Å². The van der Waals surface area contributed by atoms with Crippen LogP contribution in [-0.2, 0) is 14.3 Å². The number of benzene rings is 2. The van der Waals surface area contributed by atoms with Crippen LogP contribution >= 0.6 is 0 Å². The maximum absolute atomic E-state index is 13.8. The molecule has 2 aliphatic heterocycles. The van der Waals surface area contributed by atoms with Crippen molar-refractivity contribution in [2.75, 3.05) is 18.6 Å². The van der Waals surface area contributed by atoms with Gasteiger partial charge >= 0.3 is 5.97 Å². The summed E-state index contributed by atoms with van der Waals surface area (Å²) in [5.74, 6) is -0.736. The second-order valence-corrected chi connectivity index (χ2v) is 6.43. The van der Waals surface area contributed by atoms with Crippen LogP contribution in [0.1, 0.15) is 24.0 Å². The average Bonchev–Trinajstić information content (AvgIpc) is 3.28. The van der Waals surface area contributed by atoms with Crippen molar-refractivity contribution in [3.8, 4) is 5.75 Å². The maximum Gasteiger partial charge on any atom is 0.363 e. The summed E-state index contributed by atoms with van der Waals surface area (Å²) >= 11 is 0. The summed E-state index contributed by atoms with van der Waals surface area (Å²) in [7, 11) is 1.38. The zero-order chi connectivity index (χ0) is 19.7. The first-order valence-corrected chi connectivity index (χ1v) is 8.82. The molecule has 0 atom stereocenters. The number of rotatable bonds is 4. The van der Waals surface area contributed by atoms with Gasteiger partial charge in [0.15, 0.2) is 17.3 Å². The molecule has 1 fully saturated rings. The quantitative estimate of drug-likeness (QED) is 0.603. The number of ether oxygens (including phenoxy) is 2. The van der Waals surface area contributed by atoms with Gasteiger partial charge in [-0.1, -0.05) is 6.07 Å². The van der Waals surface area contributed by atoms with Crippen LogP contribution in [-0.4, -0.2) is 31.4 Å². The SMILES string of the molecule is COc1ccc(/C=C2\N=C(c3ccc(N4CCCC4=O)cc3)OC2=O)cc1F. The number of halogens is 1. The summed E-state index contributed by atoms with van der Waals surface area (Å²) in [6.45, 7) is 0.708. The fraction of sp³-hybridized carbons (Fsp3) is 0.190. The van der Waals surface area contributed by atoms with Gasteiger partial charge in [-0.05, 0) is 54.5 Å². The van der Waals surface area contributed by atoms with Gasteiger partial charge < -0.3 is 14.4 Å². The van der Waals surface area contributed by atoms with Gasteiger partial charge in [0.1, 0.15) is 0 Å². The molecular weight excluding hydrogens is 363 g/mol. The molecule has 2 heterocycles. The third-order valence-corrected chi connectivity index (χ3v) is 4.60. The van der Waals surface area contributed by atoms with Crippen LogP contribution < -0.4 is 9.64 Å². The lowest BCUT2D eigenvalue weighted by molar-refractivity contribution is -0.130. The van der Waals surface area contributed by atoms with Crippen molar-refractivity contribution in [1.82, 2.24) is 0 Å². The van der Waals surface area contributed by atoms with E-state index in [0.29, 0.717) is 24.1 Å². The van der Waals surface area contributed by atoms with E-state index in [-0.39, 0.29) is 23.3 Å². The number of carbonyl (C=O) groups excluding carboxylic acids is 2. The number of aliphatic imine (C=N–C) groups is 1. The van der Waals surface area contributed by atoms with Crippen molar-refractivity contribution < 1.29 is 23.5 Å². The van der Waals surface area contributed by atoms with Crippen LogP contribution in [0.2, 0.25) is 0 Å². The lowest BCUT2D eigenvalue weighted by atomic mass is 10.1. The van der Waals surface area contributed by atoms with Gasteiger partial charge in [-0.15, -0.1) is 0 Å². The van der Waals surface area contributed by atoms with Gasteiger partial charge in [0.05, 0.1) is 7.11 Å². The molecule has 0 radical (unpaired) electrons. The Bertz CT molecular complexity index is 1010. The van der Waals surface area contributed by atoms with Crippen LogP contribution in [0, 0.1) is 5.82 Å². The van der Waals surface area contributed by atoms with Crippen molar-refractivity contribution in [2.45, 2.75) is 12.8 Å². The fourth-order valence-electron chi connectivity index (χ4n) is 3.17. The first kappa shape index (κ1) is 17.9. The zero-order valence-electron chi connectivity index (χ0n) is 15.1. The molecule has 0 spiro atoms. The van der Waals surface area contributed by atoms with Gasteiger partial charge in [-0.25, -0.2) is 14.2 Å². The minimum Gasteiger partial charge on any atom is -0.494 e. The number of hydrogen-bond acceptors (Lipinski definition) is 5. The third kappa shape index (κ3) is 3.38. The van der Waals surface area contributed by atoms with E-state index in [4.69, 9.17) is 9.47 Å². The lowest BCUT2D eigenvalue weighted by Crippen LogP contribution is -2.23. The molecule has 2 aromatic rings. The van der Waals surface area contributed by atoms with E-state index < -0.39 is 11.8 Å². The molecule has 1 amide bonds. The standard InChI is InChI=1S/C21H17FN2O4/c1-27-18-9-4-13(11-16(18)22)12-17-21(26)28-20(23-17)14-5-7-15(8-6-14)24-10-2-3-19(24)25/h4-9,11-12H,2-3,10H2,1H3/b17-12-. The molecule has 6 nitrogen and oxygen atoms in total. The Labute approximate surface area is 160 Å². The van der Waals surface area contributed by atoms with E-state index in [0.717, 1.165) is 12.1 Å². The minimum absolute atomic E-state index is 0.0818. The normalized spacial score (nSPS) is 17.9. The van der Waals surface area contributed by atoms with Gasteiger partial charge in [0, 0.05) is 24.2 Å². The van der Waals surface area contributed by atoms with Crippen LogP contribution in [0.5, 0.6) is 5.75 Å². The third-order valence-electron chi connectivity index (χ3n) is 4.60.